The lowest BCUT2D eigenvalue weighted by Gasteiger charge is -2.32. The van der Waals surface area contributed by atoms with Crippen molar-refractivity contribution in [3.05, 3.63) is 0 Å². The van der Waals surface area contributed by atoms with Gasteiger partial charge in [-0.15, -0.1) is 0 Å². The lowest BCUT2D eigenvalue weighted by atomic mass is 10.0. The van der Waals surface area contributed by atoms with Gasteiger partial charge in [-0.3, -0.25) is 0 Å². The summed E-state index contributed by atoms with van der Waals surface area (Å²) in [5.74, 6) is 1.03. The molecule has 18 heavy (non-hydrogen) atoms. The number of nitrogens with zero attached hydrogens (tertiary/aromatic N) is 1. The standard InChI is InChI=1S/C12H24N2O3S/c1-6-18-8-7-9(2)13-11(17)14(5)12(3,4)10(15)16/h9H,6-8H2,1-5H3,(H,13,17)(H,15,16). The Morgan fingerprint density at radius 1 is 1.44 bits per heavy atom. The van der Waals surface area contributed by atoms with E-state index in [2.05, 4.69) is 12.2 Å². The Balaban J connectivity index is 4.27. The fourth-order valence-electron chi connectivity index (χ4n) is 1.18. The minimum atomic E-state index is -1.21. The van der Waals surface area contributed by atoms with Crippen LogP contribution < -0.4 is 5.32 Å². The number of carbonyl (C=O) groups is 2. The quantitative estimate of drug-likeness (QED) is 0.698. The molecule has 0 saturated carbocycles. The van der Waals surface area contributed by atoms with Crippen LogP contribution >= 0.6 is 11.8 Å². The lowest BCUT2D eigenvalue weighted by Crippen LogP contribution is -2.55. The number of thioether (sulfide) groups is 1. The lowest BCUT2D eigenvalue weighted by molar-refractivity contribution is -0.146. The van der Waals surface area contributed by atoms with Gasteiger partial charge in [0.15, 0.2) is 0 Å². The molecule has 2 N–H and O–H groups in total. The Labute approximate surface area is 113 Å². The minimum absolute atomic E-state index is 0.0450. The summed E-state index contributed by atoms with van der Waals surface area (Å²) in [6.45, 7) is 7.03. The second kappa shape index (κ2) is 7.51. The first-order valence-corrected chi connectivity index (χ1v) is 7.24. The van der Waals surface area contributed by atoms with E-state index >= 15 is 0 Å². The summed E-state index contributed by atoms with van der Waals surface area (Å²) < 4.78 is 0. The van der Waals surface area contributed by atoms with Crippen LogP contribution in [-0.2, 0) is 4.79 Å². The Morgan fingerprint density at radius 3 is 2.44 bits per heavy atom. The van der Waals surface area contributed by atoms with Crippen molar-refractivity contribution in [2.45, 2.75) is 45.7 Å². The third-order valence-electron chi connectivity index (χ3n) is 2.94. The molecular weight excluding hydrogens is 252 g/mol. The molecule has 0 bridgehead atoms. The molecule has 0 aliphatic heterocycles. The topological polar surface area (TPSA) is 69.6 Å². The van der Waals surface area contributed by atoms with Gasteiger partial charge in [0.2, 0.25) is 0 Å². The number of carbonyl (C=O) groups excluding carboxylic acids is 1. The molecule has 0 fully saturated rings. The first-order valence-electron chi connectivity index (χ1n) is 6.09. The van der Waals surface area contributed by atoms with Crippen LogP contribution in [0.2, 0.25) is 0 Å². The van der Waals surface area contributed by atoms with Gasteiger partial charge in [0.1, 0.15) is 5.54 Å². The van der Waals surface area contributed by atoms with Crippen molar-refractivity contribution >= 4 is 23.8 Å². The second-order valence-electron chi connectivity index (χ2n) is 4.76. The summed E-state index contributed by atoms with van der Waals surface area (Å²) >= 11 is 1.82. The van der Waals surface area contributed by atoms with E-state index in [-0.39, 0.29) is 12.1 Å². The molecule has 6 heteroatoms. The van der Waals surface area contributed by atoms with E-state index in [1.165, 1.54) is 25.8 Å². The van der Waals surface area contributed by atoms with Crippen LogP contribution in [0.25, 0.3) is 0 Å². The van der Waals surface area contributed by atoms with Crippen molar-refractivity contribution in [3.8, 4) is 0 Å². The Morgan fingerprint density at radius 2 is 2.00 bits per heavy atom. The average Bonchev–Trinajstić information content (AvgIpc) is 2.27. The molecule has 0 radical (unpaired) electrons. The van der Waals surface area contributed by atoms with Gasteiger partial charge in [0.25, 0.3) is 0 Å². The first-order chi connectivity index (χ1) is 8.23. The third-order valence-corrected chi connectivity index (χ3v) is 3.87. The Bertz CT molecular complexity index is 295. The molecular formula is C12H24N2O3S. The summed E-state index contributed by atoms with van der Waals surface area (Å²) in [4.78, 5) is 24.1. The van der Waals surface area contributed by atoms with Gasteiger partial charge in [-0.2, -0.15) is 11.8 Å². The number of aliphatic carboxylic acids is 1. The number of hydrogen-bond donors (Lipinski definition) is 2. The molecule has 0 aromatic heterocycles. The van der Waals surface area contributed by atoms with Crippen LogP contribution in [0.5, 0.6) is 0 Å². The van der Waals surface area contributed by atoms with Crippen molar-refractivity contribution < 1.29 is 14.7 Å². The Hall–Kier alpha value is -0.910. The number of nitrogens with one attached hydrogen (secondary N) is 1. The van der Waals surface area contributed by atoms with Gasteiger partial charge in [-0.25, -0.2) is 9.59 Å². The number of rotatable bonds is 7. The van der Waals surface area contributed by atoms with E-state index < -0.39 is 11.5 Å². The molecule has 5 nitrogen and oxygen atoms in total. The zero-order chi connectivity index (χ0) is 14.3. The average molecular weight is 276 g/mol. The van der Waals surface area contributed by atoms with E-state index in [1.54, 1.807) is 0 Å². The molecule has 0 aliphatic carbocycles. The number of hydrogen-bond acceptors (Lipinski definition) is 3. The molecule has 0 rings (SSSR count). The van der Waals surface area contributed by atoms with Crippen LogP contribution in [0.15, 0.2) is 0 Å². The van der Waals surface area contributed by atoms with Gasteiger partial charge in [-0.1, -0.05) is 6.92 Å². The number of urea groups is 1. The highest BCUT2D eigenvalue weighted by atomic mass is 32.2. The summed E-state index contributed by atoms with van der Waals surface area (Å²) in [5.41, 5.74) is -1.21. The number of likely N-dealkylation sites (N-methyl/N-ethyl adjacent to an activating group) is 1. The smallest absolute Gasteiger partial charge is 0.329 e. The predicted molar refractivity (Wildman–Crippen MR) is 75.1 cm³/mol. The predicted octanol–water partition coefficient (Wildman–Crippen LogP) is 2.02. The largest absolute Gasteiger partial charge is 0.480 e. The summed E-state index contributed by atoms with van der Waals surface area (Å²) in [6, 6.07) is -0.306. The minimum Gasteiger partial charge on any atom is -0.480 e. The normalized spacial score (nSPS) is 12.9. The maximum atomic E-state index is 11.9. The molecule has 0 heterocycles. The van der Waals surface area contributed by atoms with E-state index in [0.29, 0.717) is 0 Å². The summed E-state index contributed by atoms with van der Waals surface area (Å²) in [6.07, 6.45) is 0.881. The number of carboxylic acid groups (broad SMARTS) is 1. The van der Waals surface area contributed by atoms with Gasteiger partial charge in [0.05, 0.1) is 0 Å². The molecule has 1 atom stereocenters. The highest BCUT2D eigenvalue weighted by Crippen LogP contribution is 2.13. The van der Waals surface area contributed by atoms with Crippen molar-refractivity contribution in [1.82, 2.24) is 10.2 Å². The number of amides is 2. The van der Waals surface area contributed by atoms with Crippen LogP contribution in [0.1, 0.15) is 34.1 Å². The molecule has 0 spiro atoms. The maximum Gasteiger partial charge on any atom is 0.329 e. The van der Waals surface area contributed by atoms with Crippen molar-refractivity contribution in [2.75, 3.05) is 18.6 Å². The van der Waals surface area contributed by atoms with Gasteiger partial charge < -0.3 is 15.3 Å². The zero-order valence-corrected chi connectivity index (χ0v) is 12.6. The fourth-order valence-corrected chi connectivity index (χ4v) is 1.99. The summed E-state index contributed by atoms with van der Waals surface area (Å²) in [7, 11) is 1.50. The molecule has 1 unspecified atom stereocenters. The highest BCUT2D eigenvalue weighted by Gasteiger charge is 2.35. The number of carboxylic acids is 1. The van der Waals surface area contributed by atoms with Gasteiger partial charge >= 0.3 is 12.0 Å². The third kappa shape index (κ3) is 5.16. The molecule has 2 amide bonds. The second-order valence-corrected chi connectivity index (χ2v) is 6.15. The molecule has 0 saturated heterocycles. The molecule has 106 valence electrons. The first kappa shape index (κ1) is 17.1. The van der Waals surface area contributed by atoms with Crippen LogP contribution in [0, 0.1) is 0 Å². The van der Waals surface area contributed by atoms with E-state index in [0.717, 1.165) is 17.9 Å². The van der Waals surface area contributed by atoms with Crippen molar-refractivity contribution in [3.63, 3.8) is 0 Å². The van der Waals surface area contributed by atoms with Gasteiger partial charge in [0, 0.05) is 13.1 Å². The van der Waals surface area contributed by atoms with Crippen LogP contribution in [0.3, 0.4) is 0 Å². The zero-order valence-electron chi connectivity index (χ0n) is 11.8. The SMILES string of the molecule is CCSCCC(C)NC(=O)N(C)C(C)(C)C(=O)O. The fraction of sp³-hybridized carbons (Fsp3) is 0.833. The summed E-state index contributed by atoms with van der Waals surface area (Å²) in [5, 5.41) is 11.9. The van der Waals surface area contributed by atoms with E-state index in [9.17, 15) is 9.59 Å². The monoisotopic (exact) mass is 276 g/mol. The van der Waals surface area contributed by atoms with E-state index in [1.807, 2.05) is 18.7 Å². The van der Waals surface area contributed by atoms with Crippen LogP contribution in [0.4, 0.5) is 4.79 Å². The van der Waals surface area contributed by atoms with Crippen LogP contribution in [-0.4, -0.2) is 52.1 Å². The molecule has 0 aromatic carbocycles. The van der Waals surface area contributed by atoms with Crippen molar-refractivity contribution in [1.29, 1.82) is 0 Å². The van der Waals surface area contributed by atoms with E-state index in [4.69, 9.17) is 5.11 Å². The Kier molecular flexibility index (Phi) is 7.13. The van der Waals surface area contributed by atoms with Crippen molar-refractivity contribution in [2.24, 2.45) is 0 Å². The van der Waals surface area contributed by atoms with Gasteiger partial charge in [-0.05, 0) is 38.7 Å². The molecule has 0 aromatic rings. The molecule has 0 aliphatic rings. The highest BCUT2D eigenvalue weighted by molar-refractivity contribution is 7.99. The maximum absolute atomic E-state index is 11.9.